The van der Waals surface area contributed by atoms with Crippen LogP contribution in [0.1, 0.15) is 24.4 Å². The first-order valence-corrected chi connectivity index (χ1v) is 7.12. The van der Waals surface area contributed by atoms with Crippen LogP contribution >= 0.6 is 11.3 Å². The average molecular weight is 277 g/mol. The number of nitrogens with zero attached hydrogens (tertiary/aromatic N) is 2. The highest BCUT2D eigenvalue weighted by Gasteiger charge is 2.12. The van der Waals surface area contributed by atoms with E-state index in [4.69, 9.17) is 4.74 Å². The average Bonchev–Trinajstić information content (AvgIpc) is 2.85. The normalized spacial score (nSPS) is 11.0. The van der Waals surface area contributed by atoms with Gasteiger partial charge in [-0.05, 0) is 19.1 Å². The number of rotatable bonds is 5. The van der Waals surface area contributed by atoms with Crippen LogP contribution in [0.4, 0.5) is 0 Å². The van der Waals surface area contributed by atoms with Crippen LogP contribution in [0.15, 0.2) is 18.2 Å². The molecule has 0 radical (unpaired) electrons. The fourth-order valence-electron chi connectivity index (χ4n) is 1.71. The van der Waals surface area contributed by atoms with Gasteiger partial charge in [-0.25, -0.2) is 0 Å². The molecular formula is C14H19N3OS. The van der Waals surface area contributed by atoms with Crippen molar-refractivity contribution in [2.24, 2.45) is 0 Å². The van der Waals surface area contributed by atoms with Gasteiger partial charge >= 0.3 is 0 Å². The number of ether oxygens (including phenoxy) is 1. The van der Waals surface area contributed by atoms with Crippen molar-refractivity contribution in [3.05, 3.63) is 28.8 Å². The molecule has 5 heteroatoms. The van der Waals surface area contributed by atoms with E-state index < -0.39 is 0 Å². The topological polar surface area (TPSA) is 47.0 Å². The summed E-state index contributed by atoms with van der Waals surface area (Å²) >= 11 is 1.60. The summed E-state index contributed by atoms with van der Waals surface area (Å²) in [7, 11) is 1.68. The van der Waals surface area contributed by atoms with Crippen LogP contribution in [0.5, 0.6) is 5.75 Å². The maximum Gasteiger partial charge on any atom is 0.151 e. The molecule has 0 spiro atoms. The molecule has 0 aliphatic heterocycles. The SMILES string of the molecule is COc1ccc(C)cc1-c1nnc(CNC(C)C)s1. The fraction of sp³-hybridized carbons (Fsp3) is 0.429. The molecule has 0 atom stereocenters. The number of benzene rings is 1. The smallest absolute Gasteiger partial charge is 0.151 e. The van der Waals surface area contributed by atoms with Crippen molar-refractivity contribution in [3.8, 4) is 16.3 Å². The monoisotopic (exact) mass is 277 g/mol. The minimum Gasteiger partial charge on any atom is -0.496 e. The van der Waals surface area contributed by atoms with E-state index in [1.54, 1.807) is 18.4 Å². The zero-order chi connectivity index (χ0) is 13.8. The molecule has 1 aromatic heterocycles. The van der Waals surface area contributed by atoms with Crippen molar-refractivity contribution < 1.29 is 4.74 Å². The van der Waals surface area contributed by atoms with E-state index in [-0.39, 0.29) is 0 Å². The zero-order valence-corrected chi connectivity index (χ0v) is 12.5. The largest absolute Gasteiger partial charge is 0.496 e. The van der Waals surface area contributed by atoms with Gasteiger partial charge in [0.25, 0.3) is 0 Å². The predicted molar refractivity (Wildman–Crippen MR) is 78.6 cm³/mol. The van der Waals surface area contributed by atoms with Gasteiger partial charge in [0.1, 0.15) is 10.8 Å². The molecule has 19 heavy (non-hydrogen) atoms. The van der Waals surface area contributed by atoms with Gasteiger partial charge in [-0.2, -0.15) is 0 Å². The Morgan fingerprint density at radius 1 is 1.32 bits per heavy atom. The number of methoxy groups -OCH3 is 1. The number of aromatic nitrogens is 2. The Labute approximate surface area is 117 Å². The Hall–Kier alpha value is -1.46. The quantitative estimate of drug-likeness (QED) is 0.912. The van der Waals surface area contributed by atoms with Gasteiger partial charge in [0.15, 0.2) is 5.01 Å². The summed E-state index contributed by atoms with van der Waals surface area (Å²) < 4.78 is 5.39. The maximum atomic E-state index is 5.39. The molecule has 0 saturated carbocycles. The minimum absolute atomic E-state index is 0.445. The summed E-state index contributed by atoms with van der Waals surface area (Å²) in [6.45, 7) is 7.05. The first-order valence-electron chi connectivity index (χ1n) is 6.31. The standard InChI is InChI=1S/C14H19N3OS/c1-9(2)15-8-13-16-17-14(19-13)11-7-10(3)5-6-12(11)18-4/h5-7,9,15H,8H2,1-4H3. The Morgan fingerprint density at radius 3 is 2.79 bits per heavy atom. The fourth-order valence-corrected chi connectivity index (χ4v) is 2.53. The summed E-state index contributed by atoms with van der Waals surface area (Å²) in [5.74, 6) is 0.838. The highest BCUT2D eigenvalue weighted by atomic mass is 32.1. The lowest BCUT2D eigenvalue weighted by Gasteiger charge is -2.06. The van der Waals surface area contributed by atoms with Gasteiger partial charge in [0.05, 0.1) is 12.7 Å². The molecule has 102 valence electrons. The summed E-state index contributed by atoms with van der Waals surface area (Å²) in [5.41, 5.74) is 2.20. The van der Waals surface area contributed by atoms with Gasteiger partial charge < -0.3 is 10.1 Å². The molecule has 1 heterocycles. The van der Waals surface area contributed by atoms with E-state index in [9.17, 15) is 0 Å². The van der Waals surface area contributed by atoms with E-state index >= 15 is 0 Å². The third-order valence-corrected chi connectivity index (χ3v) is 3.67. The first-order chi connectivity index (χ1) is 9.10. The molecule has 1 aromatic carbocycles. The summed E-state index contributed by atoms with van der Waals surface area (Å²) in [6, 6.07) is 6.53. The Balaban J connectivity index is 2.24. The second kappa shape index (κ2) is 6.12. The van der Waals surface area contributed by atoms with Gasteiger partial charge in [-0.3, -0.25) is 0 Å². The molecule has 0 fully saturated rings. The van der Waals surface area contributed by atoms with Gasteiger partial charge in [0.2, 0.25) is 0 Å². The highest BCUT2D eigenvalue weighted by Crippen LogP contribution is 2.32. The maximum absolute atomic E-state index is 5.39. The molecule has 0 saturated heterocycles. The molecule has 2 aromatic rings. The van der Waals surface area contributed by atoms with E-state index in [1.807, 2.05) is 12.1 Å². The van der Waals surface area contributed by atoms with Crippen molar-refractivity contribution in [2.75, 3.05) is 7.11 Å². The molecule has 1 N–H and O–H groups in total. The molecule has 0 bridgehead atoms. The van der Waals surface area contributed by atoms with Crippen molar-refractivity contribution in [2.45, 2.75) is 33.4 Å². The lowest BCUT2D eigenvalue weighted by atomic mass is 10.1. The van der Waals surface area contributed by atoms with Crippen LogP contribution in [-0.4, -0.2) is 23.3 Å². The summed E-state index contributed by atoms with van der Waals surface area (Å²) in [5, 5.41) is 13.7. The van der Waals surface area contributed by atoms with E-state index in [0.29, 0.717) is 6.04 Å². The molecule has 0 aliphatic rings. The van der Waals surface area contributed by atoms with Crippen molar-refractivity contribution in [1.82, 2.24) is 15.5 Å². The first kappa shape index (κ1) is 14.0. The summed E-state index contributed by atoms with van der Waals surface area (Å²) in [4.78, 5) is 0. The van der Waals surface area contributed by atoms with E-state index in [0.717, 1.165) is 27.9 Å². The second-order valence-electron chi connectivity index (χ2n) is 4.74. The zero-order valence-electron chi connectivity index (χ0n) is 11.7. The van der Waals surface area contributed by atoms with Crippen LogP contribution in [0.25, 0.3) is 10.6 Å². The lowest BCUT2D eigenvalue weighted by molar-refractivity contribution is 0.416. The second-order valence-corrected chi connectivity index (χ2v) is 5.80. The molecule has 0 amide bonds. The van der Waals surface area contributed by atoms with Gasteiger partial charge in [-0.15, -0.1) is 10.2 Å². The van der Waals surface area contributed by atoms with Crippen LogP contribution in [0.2, 0.25) is 0 Å². The van der Waals surface area contributed by atoms with E-state index in [1.165, 1.54) is 5.56 Å². The summed E-state index contributed by atoms with van der Waals surface area (Å²) in [6.07, 6.45) is 0. The lowest BCUT2D eigenvalue weighted by Crippen LogP contribution is -2.21. The highest BCUT2D eigenvalue weighted by molar-refractivity contribution is 7.14. The molecule has 4 nitrogen and oxygen atoms in total. The molecular weight excluding hydrogens is 258 g/mol. The third-order valence-electron chi connectivity index (χ3n) is 2.71. The van der Waals surface area contributed by atoms with Crippen molar-refractivity contribution in [1.29, 1.82) is 0 Å². The van der Waals surface area contributed by atoms with Crippen LogP contribution in [0.3, 0.4) is 0 Å². The predicted octanol–water partition coefficient (Wildman–Crippen LogP) is 3.02. The molecule has 2 rings (SSSR count). The van der Waals surface area contributed by atoms with Crippen LogP contribution in [0, 0.1) is 6.92 Å². The molecule has 0 unspecified atom stereocenters. The number of nitrogens with one attached hydrogen (secondary N) is 1. The Morgan fingerprint density at radius 2 is 2.11 bits per heavy atom. The number of hydrogen-bond donors (Lipinski definition) is 1. The van der Waals surface area contributed by atoms with Gasteiger partial charge in [0, 0.05) is 12.6 Å². The van der Waals surface area contributed by atoms with Crippen LogP contribution in [-0.2, 0) is 6.54 Å². The number of hydrogen-bond acceptors (Lipinski definition) is 5. The van der Waals surface area contributed by atoms with Crippen molar-refractivity contribution in [3.63, 3.8) is 0 Å². The third kappa shape index (κ3) is 3.52. The Kier molecular flexibility index (Phi) is 4.50. The Bertz CT molecular complexity index is 551. The number of aryl methyl sites for hydroxylation is 1. The van der Waals surface area contributed by atoms with E-state index in [2.05, 4.69) is 42.4 Å². The minimum atomic E-state index is 0.445. The molecule has 0 aliphatic carbocycles. The van der Waals surface area contributed by atoms with Crippen molar-refractivity contribution >= 4 is 11.3 Å². The van der Waals surface area contributed by atoms with Gasteiger partial charge in [-0.1, -0.05) is 36.8 Å². The van der Waals surface area contributed by atoms with Crippen LogP contribution < -0.4 is 10.1 Å².